The fourth-order valence-electron chi connectivity index (χ4n) is 0.612. The van der Waals surface area contributed by atoms with Gasteiger partial charge in [0.15, 0.2) is 1.41 Å². The Bertz CT molecular complexity index is 116. The molecule has 0 aromatic rings. The van der Waals surface area contributed by atoms with Gasteiger partial charge in [0.25, 0.3) is 0 Å². The Morgan fingerprint density at radius 1 is 1.78 bits per heavy atom. The smallest absolute Gasteiger partial charge is 0.220 e. The summed E-state index contributed by atoms with van der Waals surface area (Å²) in [6.45, 7) is 5.90. The van der Waals surface area contributed by atoms with E-state index in [9.17, 15) is 4.79 Å². The predicted molar refractivity (Wildman–Crippen MR) is 37.8 cm³/mol. The topological polar surface area (TPSA) is 43.1 Å². The quantitative estimate of drug-likeness (QED) is 0.612. The maximum absolute atomic E-state index is 10.8. The Hall–Kier alpha value is -0.530. The molecule has 0 fully saturated rings. The van der Waals surface area contributed by atoms with Crippen molar-refractivity contribution in [2.45, 2.75) is 27.2 Å². The second-order valence-corrected chi connectivity index (χ2v) is 2.54. The van der Waals surface area contributed by atoms with Crippen LogP contribution in [0.2, 0.25) is 1.41 Å². The molecule has 54 valence electrons. The van der Waals surface area contributed by atoms with E-state index in [2.05, 4.69) is 0 Å². The van der Waals surface area contributed by atoms with Crippen LogP contribution in [-0.4, -0.2) is 5.91 Å². The van der Waals surface area contributed by atoms with Crippen LogP contribution in [0.5, 0.6) is 0 Å². The zero-order valence-corrected chi connectivity index (χ0v) is 6.27. The Morgan fingerprint density at radius 2 is 2.33 bits per heavy atom. The number of amides is 1. The molecule has 2 unspecified atom stereocenters. The molecule has 2 atom stereocenters. The predicted octanol–water partition coefficient (Wildman–Crippen LogP) is 1.15. The number of carbonyl (C=O) groups excluding carboxylic acids is 1. The van der Waals surface area contributed by atoms with Crippen molar-refractivity contribution in [1.82, 2.24) is 0 Å². The van der Waals surface area contributed by atoms with Gasteiger partial charge in [-0.1, -0.05) is 27.2 Å². The average Bonchev–Trinajstić information content (AvgIpc) is 2.00. The summed E-state index contributed by atoms with van der Waals surface area (Å²) in [5.41, 5.74) is 1.89. The molecular weight excluding hydrogens is 114 g/mol. The number of nitrogens with two attached hydrogens (primary N) is 1. The molecule has 0 aromatic heterocycles. The first-order chi connectivity index (χ1) is 4.63. The molecule has 0 heterocycles. The van der Waals surface area contributed by atoms with Gasteiger partial charge in [-0.25, -0.2) is 0 Å². The largest absolute Gasteiger partial charge is 0.369 e. The summed E-state index contributed by atoms with van der Waals surface area (Å²) in [4.78, 5) is 10.8. The number of carbonyl (C=O) groups is 1. The zero-order valence-electron chi connectivity index (χ0n) is 7.27. The Balaban J connectivity index is 3.81. The van der Waals surface area contributed by atoms with Crippen molar-refractivity contribution in [1.29, 1.82) is 0 Å². The maximum Gasteiger partial charge on any atom is 0.220 e. The monoisotopic (exact) mass is 130 g/mol. The van der Waals surface area contributed by atoms with E-state index in [1.807, 2.05) is 26.5 Å². The molecule has 9 heavy (non-hydrogen) atoms. The first-order valence-electron chi connectivity index (χ1n) is 3.85. The van der Waals surface area contributed by atoms with Crippen molar-refractivity contribution in [2.75, 3.05) is 0 Å². The minimum absolute atomic E-state index is 0.0394. The van der Waals surface area contributed by atoms with Crippen molar-refractivity contribution in [3.63, 3.8) is 0 Å². The highest BCUT2D eigenvalue weighted by Gasteiger charge is 2.14. The summed E-state index contributed by atoms with van der Waals surface area (Å²) in [6.07, 6.45) is 0.981. The van der Waals surface area contributed by atoms with Crippen LogP contribution in [0.15, 0.2) is 0 Å². The lowest BCUT2D eigenvalue weighted by molar-refractivity contribution is -0.122. The minimum Gasteiger partial charge on any atom is -0.369 e. The van der Waals surface area contributed by atoms with Crippen LogP contribution in [-0.2, 0) is 4.79 Å². The molecule has 2 heteroatoms. The lowest BCUT2D eigenvalue weighted by Gasteiger charge is -2.13. The van der Waals surface area contributed by atoms with Crippen molar-refractivity contribution < 1.29 is 6.21 Å². The molecule has 0 saturated heterocycles. The van der Waals surface area contributed by atoms with Crippen LogP contribution in [0, 0.1) is 11.8 Å². The summed E-state index contributed by atoms with van der Waals surface area (Å²) < 4.78 is 6.61. The normalized spacial score (nSPS) is 17.9. The molecular formula is C7H15NO. The van der Waals surface area contributed by atoms with Crippen molar-refractivity contribution in [2.24, 2.45) is 17.6 Å². The van der Waals surface area contributed by atoms with Crippen LogP contribution < -0.4 is 5.73 Å². The van der Waals surface area contributed by atoms with Gasteiger partial charge < -0.3 is 5.73 Å². The molecule has 0 aliphatic heterocycles. The summed E-state index contributed by atoms with van der Waals surface area (Å²) in [5.74, 6) is 0.141. The molecule has 0 rings (SSSR count). The molecule has 0 radical (unpaired) electrons. The first kappa shape index (κ1) is 6.59. The van der Waals surface area contributed by atoms with Crippen molar-refractivity contribution in [3.8, 4) is 0 Å². The highest BCUT2D eigenvalue weighted by Crippen LogP contribution is 2.12. The second-order valence-electron chi connectivity index (χ2n) is 2.54. The van der Waals surface area contributed by atoms with Gasteiger partial charge in [-0.2, -0.15) is 0 Å². The van der Waals surface area contributed by atoms with E-state index in [1.165, 1.54) is 0 Å². The molecule has 0 saturated carbocycles. The third kappa shape index (κ3) is 2.49. The third-order valence-corrected chi connectivity index (χ3v) is 1.91. The van der Waals surface area contributed by atoms with E-state index in [-0.39, 0.29) is 11.8 Å². The Labute approximate surface area is 57.9 Å². The van der Waals surface area contributed by atoms with E-state index >= 15 is 0 Å². The highest BCUT2D eigenvalue weighted by atomic mass is 16.1. The lowest BCUT2D eigenvalue weighted by atomic mass is 9.93. The molecule has 0 bridgehead atoms. The number of rotatable bonds is 3. The number of primary amides is 1. The molecule has 0 aromatic carbocycles. The Kier molecular flexibility index (Phi) is 2.55. The van der Waals surface area contributed by atoms with Gasteiger partial charge in [-0.3, -0.25) is 4.79 Å². The maximum atomic E-state index is 10.8. The fourth-order valence-corrected chi connectivity index (χ4v) is 0.612. The lowest BCUT2D eigenvalue weighted by Crippen LogP contribution is -2.25. The van der Waals surface area contributed by atoms with Crippen LogP contribution in [0.4, 0.5) is 0 Å². The van der Waals surface area contributed by atoms with Gasteiger partial charge in [-0.05, 0) is 5.92 Å². The summed E-state index contributed by atoms with van der Waals surface area (Å²) in [7, 11) is 0. The van der Waals surface area contributed by atoms with Crippen LogP contribution in [0.25, 0.3) is 0 Å². The fraction of sp³-hybridized carbons (Fsp3) is 0.857. The van der Waals surface area contributed by atoms with Gasteiger partial charge in [0, 0.05) is 5.92 Å². The first-order valence-corrected chi connectivity index (χ1v) is 3.35. The van der Waals surface area contributed by atoms with Crippen molar-refractivity contribution >= 4 is 5.91 Å². The Morgan fingerprint density at radius 3 is 2.67 bits per heavy atom. The average molecular weight is 130 g/mol. The molecule has 0 aliphatic carbocycles. The standard InChI is InChI=1S/C7H15NO/c1-4-5(2)6(3)7(8)9/h5-6H,4H2,1-3H3,(H2,8,9)/i/hD. The van der Waals surface area contributed by atoms with E-state index in [1.54, 1.807) is 0 Å². The second kappa shape index (κ2) is 3.49. The zero-order chi connectivity index (χ0) is 8.15. The van der Waals surface area contributed by atoms with E-state index < -0.39 is 0 Å². The molecule has 2 nitrogen and oxygen atoms in total. The SMILES string of the molecule is [2H]NC(=O)C(C)C(C)CC. The summed E-state index contributed by atoms with van der Waals surface area (Å²) >= 11 is 0. The summed E-state index contributed by atoms with van der Waals surface area (Å²) in [6, 6.07) is 0. The van der Waals surface area contributed by atoms with Crippen LogP contribution >= 0.6 is 0 Å². The third-order valence-electron chi connectivity index (χ3n) is 1.91. The van der Waals surface area contributed by atoms with E-state index in [0.717, 1.165) is 6.42 Å². The molecule has 0 aliphatic rings. The van der Waals surface area contributed by atoms with E-state index in [4.69, 9.17) is 1.41 Å². The number of hydrogen-bond acceptors (Lipinski definition) is 1. The van der Waals surface area contributed by atoms with Crippen LogP contribution in [0.1, 0.15) is 27.2 Å². The molecule has 0 spiro atoms. The molecule has 1 amide bonds. The van der Waals surface area contributed by atoms with E-state index in [0.29, 0.717) is 5.92 Å². The van der Waals surface area contributed by atoms with Gasteiger partial charge >= 0.3 is 0 Å². The highest BCUT2D eigenvalue weighted by molar-refractivity contribution is 5.76. The molecule has 2 N–H and O–H groups in total. The minimum atomic E-state index is -0.186. The van der Waals surface area contributed by atoms with Crippen LogP contribution in [0.3, 0.4) is 0 Å². The van der Waals surface area contributed by atoms with Gasteiger partial charge in [0.2, 0.25) is 5.91 Å². The van der Waals surface area contributed by atoms with Crippen molar-refractivity contribution in [3.05, 3.63) is 0 Å². The van der Waals surface area contributed by atoms with Gasteiger partial charge in [0.1, 0.15) is 0 Å². The van der Waals surface area contributed by atoms with Gasteiger partial charge in [0.05, 0.1) is 0 Å². The number of hydrogen-bond donors (Lipinski definition) is 1. The summed E-state index contributed by atoms with van der Waals surface area (Å²) in [5, 5.41) is 0. The van der Waals surface area contributed by atoms with Gasteiger partial charge in [-0.15, -0.1) is 0 Å².